The molecular formula is C27H30N8O. The quantitative estimate of drug-likeness (QED) is 0.440. The largest absolute Gasteiger partial charge is 0.353 e. The standard InChI is InChI=1S/C27H30N8O/c1-27(2,3)13-26(36)34-9-7-33(8-10-34)24-6-5-19(15-29-24)23-11-20(21-16-31-32(4)18-21)12-25-30-17-22(14-28)35(23)25/h5-6,11-12,15-18H,7-10,13H2,1-4H3. The number of hydrogen-bond donors (Lipinski definition) is 0. The van der Waals surface area contributed by atoms with Gasteiger partial charge in [0.1, 0.15) is 23.2 Å². The second-order valence-electron chi connectivity index (χ2n) is 10.5. The zero-order valence-corrected chi connectivity index (χ0v) is 21.1. The Morgan fingerprint density at radius 2 is 1.78 bits per heavy atom. The number of rotatable bonds is 4. The molecular weight excluding hydrogens is 452 g/mol. The van der Waals surface area contributed by atoms with Gasteiger partial charge >= 0.3 is 0 Å². The molecule has 0 unspecified atom stereocenters. The van der Waals surface area contributed by atoms with Crippen molar-refractivity contribution in [1.29, 1.82) is 5.26 Å². The van der Waals surface area contributed by atoms with Crippen LogP contribution in [0.15, 0.2) is 49.1 Å². The van der Waals surface area contributed by atoms with E-state index < -0.39 is 0 Å². The van der Waals surface area contributed by atoms with Gasteiger partial charge in [-0.2, -0.15) is 10.4 Å². The third-order valence-electron chi connectivity index (χ3n) is 6.44. The monoisotopic (exact) mass is 482 g/mol. The number of carbonyl (C=O) groups excluding carboxylic acids is 1. The van der Waals surface area contributed by atoms with Crippen molar-refractivity contribution in [1.82, 2.24) is 29.0 Å². The van der Waals surface area contributed by atoms with Crippen molar-refractivity contribution in [2.75, 3.05) is 31.1 Å². The van der Waals surface area contributed by atoms with Crippen LogP contribution in [0.3, 0.4) is 0 Å². The van der Waals surface area contributed by atoms with Gasteiger partial charge in [0.05, 0.1) is 18.1 Å². The summed E-state index contributed by atoms with van der Waals surface area (Å²) in [5, 5.41) is 13.9. The summed E-state index contributed by atoms with van der Waals surface area (Å²) in [4.78, 5) is 26.0. The van der Waals surface area contributed by atoms with E-state index in [1.165, 1.54) is 0 Å². The van der Waals surface area contributed by atoms with E-state index in [0.717, 1.165) is 41.3 Å². The molecule has 0 aliphatic carbocycles. The molecule has 184 valence electrons. The highest BCUT2D eigenvalue weighted by molar-refractivity contribution is 5.77. The molecule has 0 radical (unpaired) electrons. The molecule has 0 bridgehead atoms. The van der Waals surface area contributed by atoms with Gasteiger partial charge in [-0.25, -0.2) is 9.97 Å². The molecule has 0 saturated carbocycles. The first-order valence-corrected chi connectivity index (χ1v) is 12.1. The first-order chi connectivity index (χ1) is 17.2. The lowest BCUT2D eigenvalue weighted by Gasteiger charge is -2.36. The van der Waals surface area contributed by atoms with Crippen LogP contribution in [0.4, 0.5) is 5.82 Å². The van der Waals surface area contributed by atoms with Crippen molar-refractivity contribution in [2.24, 2.45) is 12.5 Å². The van der Waals surface area contributed by atoms with Crippen molar-refractivity contribution in [3.05, 3.63) is 54.7 Å². The minimum atomic E-state index is -0.00794. The Labute approximate surface area is 210 Å². The fourth-order valence-electron chi connectivity index (χ4n) is 4.62. The number of aromatic nitrogens is 5. The third-order valence-corrected chi connectivity index (χ3v) is 6.44. The van der Waals surface area contributed by atoms with Crippen LogP contribution in [0.5, 0.6) is 0 Å². The smallest absolute Gasteiger partial charge is 0.223 e. The molecule has 0 aromatic carbocycles. The zero-order chi connectivity index (χ0) is 25.4. The molecule has 5 rings (SSSR count). The lowest BCUT2D eigenvalue weighted by atomic mass is 9.91. The summed E-state index contributed by atoms with van der Waals surface area (Å²) >= 11 is 0. The number of pyridine rings is 2. The maximum absolute atomic E-state index is 12.6. The molecule has 9 heteroatoms. The topological polar surface area (TPSA) is 95.3 Å². The fraction of sp³-hybridized carbons (Fsp3) is 0.370. The number of aryl methyl sites for hydroxylation is 1. The number of nitriles is 1. The molecule has 0 atom stereocenters. The highest BCUT2D eigenvalue weighted by Gasteiger charge is 2.25. The molecule has 1 amide bonds. The van der Waals surface area contributed by atoms with E-state index in [1.54, 1.807) is 10.9 Å². The minimum Gasteiger partial charge on any atom is -0.353 e. The van der Waals surface area contributed by atoms with Gasteiger partial charge in [0, 0.05) is 63.2 Å². The van der Waals surface area contributed by atoms with Crippen LogP contribution in [0.2, 0.25) is 0 Å². The molecule has 4 aromatic heterocycles. The van der Waals surface area contributed by atoms with E-state index in [4.69, 9.17) is 4.98 Å². The predicted molar refractivity (Wildman–Crippen MR) is 138 cm³/mol. The molecule has 5 heterocycles. The number of piperazine rings is 1. The summed E-state index contributed by atoms with van der Waals surface area (Å²) in [6.07, 6.45) is 7.77. The van der Waals surface area contributed by atoms with Gasteiger partial charge in [-0.05, 0) is 35.2 Å². The molecule has 4 aromatic rings. The summed E-state index contributed by atoms with van der Waals surface area (Å²) in [7, 11) is 1.88. The molecule has 0 spiro atoms. The van der Waals surface area contributed by atoms with Crippen molar-refractivity contribution in [2.45, 2.75) is 27.2 Å². The fourth-order valence-corrected chi connectivity index (χ4v) is 4.62. The predicted octanol–water partition coefficient (Wildman–Crippen LogP) is 3.75. The maximum Gasteiger partial charge on any atom is 0.223 e. The second-order valence-corrected chi connectivity index (χ2v) is 10.5. The zero-order valence-electron chi connectivity index (χ0n) is 21.1. The van der Waals surface area contributed by atoms with E-state index >= 15 is 0 Å². The molecule has 9 nitrogen and oxygen atoms in total. The normalized spacial score (nSPS) is 14.3. The second kappa shape index (κ2) is 9.11. The average Bonchev–Trinajstić information content (AvgIpc) is 3.48. The molecule has 1 saturated heterocycles. The van der Waals surface area contributed by atoms with Crippen LogP contribution in [0, 0.1) is 16.7 Å². The number of carbonyl (C=O) groups is 1. The van der Waals surface area contributed by atoms with Crippen LogP contribution in [-0.4, -0.2) is 61.1 Å². The number of amides is 1. The van der Waals surface area contributed by atoms with Gasteiger partial charge in [0.15, 0.2) is 0 Å². The van der Waals surface area contributed by atoms with Crippen LogP contribution in [0.25, 0.3) is 28.0 Å². The van der Waals surface area contributed by atoms with Gasteiger partial charge < -0.3 is 9.80 Å². The molecule has 1 aliphatic rings. The number of hydrogen-bond acceptors (Lipinski definition) is 6. The summed E-state index contributed by atoms with van der Waals surface area (Å²) in [6.45, 7) is 9.19. The van der Waals surface area contributed by atoms with Crippen LogP contribution in [-0.2, 0) is 11.8 Å². The number of anilines is 1. The minimum absolute atomic E-state index is 0.00794. The van der Waals surface area contributed by atoms with E-state index in [2.05, 4.69) is 41.8 Å². The molecule has 1 aliphatic heterocycles. The first-order valence-electron chi connectivity index (χ1n) is 12.1. The Morgan fingerprint density at radius 1 is 1.00 bits per heavy atom. The van der Waals surface area contributed by atoms with E-state index in [0.29, 0.717) is 30.9 Å². The molecule has 36 heavy (non-hydrogen) atoms. The Balaban J connectivity index is 1.40. The van der Waals surface area contributed by atoms with E-state index in [1.807, 2.05) is 59.2 Å². The Bertz CT molecular complexity index is 1440. The highest BCUT2D eigenvalue weighted by Crippen LogP contribution is 2.30. The third kappa shape index (κ3) is 4.67. The lowest BCUT2D eigenvalue weighted by Crippen LogP contribution is -2.49. The van der Waals surface area contributed by atoms with Gasteiger partial charge in [0.2, 0.25) is 5.91 Å². The summed E-state index contributed by atoms with van der Waals surface area (Å²) < 4.78 is 3.62. The summed E-state index contributed by atoms with van der Waals surface area (Å²) in [5.74, 6) is 1.10. The van der Waals surface area contributed by atoms with Crippen molar-refractivity contribution in [3.63, 3.8) is 0 Å². The summed E-state index contributed by atoms with van der Waals surface area (Å²) in [6, 6.07) is 10.3. The van der Waals surface area contributed by atoms with Gasteiger partial charge in [-0.15, -0.1) is 0 Å². The number of nitrogens with zero attached hydrogens (tertiary/aromatic N) is 8. The van der Waals surface area contributed by atoms with Gasteiger partial charge in [0.25, 0.3) is 0 Å². The average molecular weight is 483 g/mol. The summed E-state index contributed by atoms with van der Waals surface area (Å²) in [5.41, 5.74) is 4.85. The van der Waals surface area contributed by atoms with Crippen LogP contribution in [0.1, 0.15) is 32.9 Å². The van der Waals surface area contributed by atoms with Crippen molar-refractivity contribution < 1.29 is 4.79 Å². The first kappa shape index (κ1) is 23.5. The Morgan fingerprint density at radius 3 is 2.39 bits per heavy atom. The molecule has 1 fully saturated rings. The highest BCUT2D eigenvalue weighted by atomic mass is 16.2. The number of imidazole rings is 1. The van der Waals surface area contributed by atoms with Gasteiger partial charge in [-0.3, -0.25) is 13.9 Å². The Hall–Kier alpha value is -4.19. The van der Waals surface area contributed by atoms with E-state index in [-0.39, 0.29) is 11.3 Å². The van der Waals surface area contributed by atoms with Crippen LogP contribution >= 0.6 is 0 Å². The maximum atomic E-state index is 12.6. The lowest BCUT2D eigenvalue weighted by molar-refractivity contribution is -0.133. The van der Waals surface area contributed by atoms with E-state index in [9.17, 15) is 10.1 Å². The van der Waals surface area contributed by atoms with Crippen molar-refractivity contribution in [3.8, 4) is 28.5 Å². The SMILES string of the molecule is Cn1cc(-c2cc(-c3ccc(N4CCN(C(=O)CC(C)(C)C)CC4)nc3)n3c(C#N)cnc3c2)cn1. The Kier molecular flexibility index (Phi) is 5.96. The van der Waals surface area contributed by atoms with Crippen LogP contribution < -0.4 is 4.90 Å². The molecule has 0 N–H and O–H groups in total. The number of fused-ring (bicyclic) bond motifs is 1. The van der Waals surface area contributed by atoms with Crippen molar-refractivity contribution >= 4 is 17.4 Å². The van der Waals surface area contributed by atoms with Gasteiger partial charge in [-0.1, -0.05) is 20.8 Å².